The lowest BCUT2D eigenvalue weighted by Gasteiger charge is -2.27. The number of fused-ring (bicyclic) bond motifs is 1. The van der Waals surface area contributed by atoms with Gasteiger partial charge in [-0.3, -0.25) is 14.5 Å². The Morgan fingerprint density at radius 1 is 0.930 bits per heavy atom. The molecule has 2 heterocycles. The van der Waals surface area contributed by atoms with E-state index < -0.39 is 17.5 Å². The molecule has 1 aliphatic rings. The predicted molar refractivity (Wildman–Crippen MR) is 158 cm³/mol. The number of methoxy groups -OCH3 is 1. The van der Waals surface area contributed by atoms with Crippen molar-refractivity contribution < 1.29 is 23.1 Å². The number of carbonyl (C=O) groups is 2. The number of nitrogens with zero attached hydrogens (tertiary/aromatic N) is 6. The van der Waals surface area contributed by atoms with Gasteiger partial charge in [-0.05, 0) is 54.8 Å². The van der Waals surface area contributed by atoms with Crippen LogP contribution in [-0.2, 0) is 17.9 Å². The molecule has 5 rings (SSSR count). The summed E-state index contributed by atoms with van der Waals surface area (Å²) in [7, 11) is 1.58. The standard InChI is InChI=1S/C32H34F2N6O3/c1-22-35-31(36-40(22)26-10-12-27(43-3)13-11-26)32(42)38-17-16-37(20-24-8-5-4-6-9-24)14-7-15-39(23(2)41)30-19-29(34)28(33)18-25(30)21-38/h4-6,8-13,18-19H,7,14-17,20-21H2,1-3H3. The fourth-order valence-corrected chi connectivity index (χ4v) is 5.28. The highest BCUT2D eigenvalue weighted by Crippen LogP contribution is 2.27. The number of benzene rings is 3. The maximum absolute atomic E-state index is 14.6. The van der Waals surface area contributed by atoms with Crippen molar-refractivity contribution >= 4 is 17.5 Å². The topological polar surface area (TPSA) is 83.8 Å². The van der Waals surface area contributed by atoms with Gasteiger partial charge < -0.3 is 14.5 Å². The molecule has 0 bridgehead atoms. The Hall–Kier alpha value is -4.64. The summed E-state index contributed by atoms with van der Waals surface area (Å²) in [5.74, 6) is -1.69. The highest BCUT2D eigenvalue weighted by Gasteiger charge is 2.27. The van der Waals surface area contributed by atoms with Crippen LogP contribution in [0.2, 0.25) is 0 Å². The van der Waals surface area contributed by atoms with E-state index in [0.717, 1.165) is 17.7 Å². The average molecular weight is 589 g/mol. The second-order valence-electron chi connectivity index (χ2n) is 10.5. The molecule has 0 saturated heterocycles. The normalized spacial score (nSPS) is 14.6. The third-order valence-corrected chi connectivity index (χ3v) is 7.51. The van der Waals surface area contributed by atoms with E-state index in [9.17, 15) is 18.4 Å². The summed E-state index contributed by atoms with van der Waals surface area (Å²) in [6.07, 6.45) is 0.603. The Labute approximate surface area is 249 Å². The molecule has 4 aromatic rings. The van der Waals surface area contributed by atoms with Gasteiger partial charge in [-0.2, -0.15) is 0 Å². The van der Waals surface area contributed by atoms with Crippen LogP contribution in [0.15, 0.2) is 66.7 Å². The number of halogens is 2. The first-order valence-electron chi connectivity index (χ1n) is 14.1. The Bertz CT molecular complexity index is 1590. The molecule has 0 spiro atoms. The maximum atomic E-state index is 14.6. The Morgan fingerprint density at radius 3 is 2.35 bits per heavy atom. The third-order valence-electron chi connectivity index (χ3n) is 7.51. The zero-order valence-corrected chi connectivity index (χ0v) is 24.5. The van der Waals surface area contributed by atoms with Crippen LogP contribution in [0.4, 0.5) is 14.5 Å². The molecule has 0 radical (unpaired) electrons. The van der Waals surface area contributed by atoms with E-state index in [1.807, 2.05) is 42.5 Å². The second-order valence-corrected chi connectivity index (χ2v) is 10.5. The Balaban J connectivity index is 1.51. The molecule has 224 valence electrons. The zero-order valence-electron chi connectivity index (χ0n) is 24.5. The maximum Gasteiger partial charge on any atom is 0.293 e. The van der Waals surface area contributed by atoms with E-state index in [0.29, 0.717) is 55.4 Å². The number of anilines is 1. The van der Waals surface area contributed by atoms with Crippen molar-refractivity contribution in [1.29, 1.82) is 0 Å². The zero-order chi connectivity index (χ0) is 30.5. The number of aromatic nitrogens is 3. The highest BCUT2D eigenvalue weighted by atomic mass is 19.2. The van der Waals surface area contributed by atoms with Crippen LogP contribution < -0.4 is 9.64 Å². The van der Waals surface area contributed by atoms with Crippen molar-refractivity contribution in [1.82, 2.24) is 24.6 Å². The van der Waals surface area contributed by atoms with Gasteiger partial charge in [0.2, 0.25) is 11.7 Å². The number of carbonyl (C=O) groups excluding carboxylic acids is 2. The second kappa shape index (κ2) is 13.1. The van der Waals surface area contributed by atoms with E-state index in [1.165, 1.54) is 16.7 Å². The van der Waals surface area contributed by atoms with E-state index >= 15 is 0 Å². The largest absolute Gasteiger partial charge is 0.497 e. The molecule has 43 heavy (non-hydrogen) atoms. The molecule has 0 aliphatic carbocycles. The number of hydrogen-bond donors (Lipinski definition) is 0. The SMILES string of the molecule is COc1ccc(-n2nc(C(=O)N3CCN(Cc4ccccc4)CCCN(C(C)=O)c4cc(F)c(F)cc4C3)nc2C)cc1. The van der Waals surface area contributed by atoms with Crippen molar-refractivity contribution in [3.8, 4) is 11.4 Å². The molecule has 9 nitrogen and oxygen atoms in total. The van der Waals surface area contributed by atoms with Gasteiger partial charge in [-0.15, -0.1) is 5.10 Å². The van der Waals surface area contributed by atoms with Crippen LogP contribution >= 0.6 is 0 Å². The molecule has 0 fully saturated rings. The Kier molecular flexibility index (Phi) is 9.10. The summed E-state index contributed by atoms with van der Waals surface area (Å²) in [4.78, 5) is 36.4. The van der Waals surface area contributed by atoms with Crippen LogP contribution in [0, 0.1) is 18.6 Å². The molecular weight excluding hydrogens is 554 g/mol. The summed E-state index contributed by atoms with van der Waals surface area (Å²) >= 11 is 0. The molecule has 1 aromatic heterocycles. The van der Waals surface area contributed by atoms with Gasteiger partial charge in [-0.25, -0.2) is 18.4 Å². The van der Waals surface area contributed by atoms with Crippen molar-refractivity contribution in [2.45, 2.75) is 33.4 Å². The summed E-state index contributed by atoms with van der Waals surface area (Å²) in [6.45, 7) is 5.46. The number of hydrogen-bond acceptors (Lipinski definition) is 6. The van der Waals surface area contributed by atoms with Gasteiger partial charge in [0.15, 0.2) is 11.6 Å². The van der Waals surface area contributed by atoms with Crippen LogP contribution in [0.25, 0.3) is 5.69 Å². The van der Waals surface area contributed by atoms with Gasteiger partial charge >= 0.3 is 0 Å². The molecule has 2 amide bonds. The molecule has 11 heteroatoms. The number of ether oxygens (including phenoxy) is 1. The molecule has 0 atom stereocenters. The van der Waals surface area contributed by atoms with Crippen LogP contribution in [0.1, 0.15) is 40.9 Å². The molecule has 3 aromatic carbocycles. The third kappa shape index (κ3) is 6.89. The van der Waals surface area contributed by atoms with E-state index in [1.54, 1.807) is 30.8 Å². The minimum Gasteiger partial charge on any atom is -0.497 e. The van der Waals surface area contributed by atoms with Crippen LogP contribution in [-0.4, -0.2) is 69.7 Å². The molecule has 0 unspecified atom stereocenters. The minimum atomic E-state index is -1.06. The smallest absolute Gasteiger partial charge is 0.293 e. The summed E-state index contributed by atoms with van der Waals surface area (Å²) in [6, 6.07) is 19.3. The first-order valence-corrected chi connectivity index (χ1v) is 14.1. The summed E-state index contributed by atoms with van der Waals surface area (Å²) in [5.41, 5.74) is 2.39. The number of aryl methyl sites for hydroxylation is 1. The lowest BCUT2D eigenvalue weighted by atomic mass is 10.1. The monoisotopic (exact) mass is 588 g/mol. The van der Waals surface area contributed by atoms with Gasteiger partial charge in [0.1, 0.15) is 11.6 Å². The fourth-order valence-electron chi connectivity index (χ4n) is 5.28. The Morgan fingerprint density at radius 2 is 1.65 bits per heavy atom. The molecule has 0 N–H and O–H groups in total. The molecular formula is C32H34F2N6O3. The predicted octanol–water partition coefficient (Wildman–Crippen LogP) is 4.76. The van der Waals surface area contributed by atoms with Gasteiger partial charge in [-0.1, -0.05) is 30.3 Å². The lowest BCUT2D eigenvalue weighted by molar-refractivity contribution is -0.116. The van der Waals surface area contributed by atoms with Gasteiger partial charge in [0, 0.05) is 52.3 Å². The molecule has 1 aliphatic heterocycles. The van der Waals surface area contributed by atoms with Crippen LogP contribution in [0.5, 0.6) is 5.75 Å². The van der Waals surface area contributed by atoms with Crippen LogP contribution in [0.3, 0.4) is 0 Å². The van der Waals surface area contributed by atoms with Crippen molar-refractivity contribution in [2.75, 3.05) is 38.2 Å². The summed E-state index contributed by atoms with van der Waals surface area (Å²) in [5, 5.41) is 4.50. The molecule has 0 saturated carbocycles. The minimum absolute atomic E-state index is 0.0228. The lowest BCUT2D eigenvalue weighted by Crippen LogP contribution is -2.39. The summed E-state index contributed by atoms with van der Waals surface area (Å²) < 4.78 is 35.9. The van der Waals surface area contributed by atoms with Crippen molar-refractivity contribution in [2.24, 2.45) is 0 Å². The van der Waals surface area contributed by atoms with Gasteiger partial charge in [0.25, 0.3) is 5.91 Å². The first-order chi connectivity index (χ1) is 20.7. The number of amides is 2. The van der Waals surface area contributed by atoms with E-state index in [-0.39, 0.29) is 30.5 Å². The van der Waals surface area contributed by atoms with Gasteiger partial charge in [0.05, 0.1) is 18.5 Å². The fraction of sp³-hybridized carbons (Fsp3) is 0.312. The average Bonchev–Trinajstić information content (AvgIpc) is 3.38. The van der Waals surface area contributed by atoms with E-state index in [2.05, 4.69) is 15.0 Å². The highest BCUT2D eigenvalue weighted by molar-refractivity contribution is 5.93. The van der Waals surface area contributed by atoms with Crippen molar-refractivity contribution in [3.63, 3.8) is 0 Å². The quantitative estimate of drug-likeness (QED) is 0.334. The first kappa shape index (κ1) is 29.8. The van der Waals surface area contributed by atoms with E-state index in [4.69, 9.17) is 4.74 Å². The number of rotatable bonds is 5. The van der Waals surface area contributed by atoms with Crippen molar-refractivity contribution in [3.05, 3.63) is 101 Å².